The van der Waals surface area contributed by atoms with Crippen molar-refractivity contribution in [1.29, 1.82) is 0 Å². The zero-order valence-corrected chi connectivity index (χ0v) is 10.6. The van der Waals surface area contributed by atoms with Crippen LogP contribution < -0.4 is 5.73 Å². The molecular formula is C14H23NO. The first-order valence-electron chi connectivity index (χ1n) is 6.39. The van der Waals surface area contributed by atoms with Gasteiger partial charge in [-0.1, -0.05) is 20.3 Å². The summed E-state index contributed by atoms with van der Waals surface area (Å²) in [6.07, 6.45) is 5.58. The SMILES string of the molecule is Cc1occc1C(N)C1CCC(C)C(C)C1. The van der Waals surface area contributed by atoms with Gasteiger partial charge in [-0.25, -0.2) is 0 Å². The highest BCUT2D eigenvalue weighted by Gasteiger charge is 2.30. The molecule has 1 saturated carbocycles. The Morgan fingerprint density at radius 1 is 1.31 bits per heavy atom. The maximum absolute atomic E-state index is 6.36. The molecule has 1 aromatic rings. The minimum atomic E-state index is 0.161. The van der Waals surface area contributed by atoms with Crippen LogP contribution in [0, 0.1) is 24.7 Å². The summed E-state index contributed by atoms with van der Waals surface area (Å²) >= 11 is 0. The molecule has 0 radical (unpaired) electrons. The summed E-state index contributed by atoms with van der Waals surface area (Å²) in [5, 5.41) is 0. The summed E-state index contributed by atoms with van der Waals surface area (Å²) in [5.41, 5.74) is 7.56. The van der Waals surface area contributed by atoms with Gasteiger partial charge in [0.25, 0.3) is 0 Å². The maximum Gasteiger partial charge on any atom is 0.105 e. The molecule has 2 rings (SSSR count). The minimum absolute atomic E-state index is 0.161. The second-order valence-corrected chi connectivity index (χ2v) is 5.49. The van der Waals surface area contributed by atoms with Crippen molar-refractivity contribution >= 4 is 0 Å². The molecule has 16 heavy (non-hydrogen) atoms. The fraction of sp³-hybridized carbons (Fsp3) is 0.714. The monoisotopic (exact) mass is 221 g/mol. The van der Waals surface area contributed by atoms with E-state index in [4.69, 9.17) is 10.2 Å². The molecule has 2 heteroatoms. The summed E-state index contributed by atoms with van der Waals surface area (Å²) in [6.45, 7) is 6.71. The second-order valence-electron chi connectivity index (χ2n) is 5.49. The third kappa shape index (κ3) is 2.17. The van der Waals surface area contributed by atoms with Gasteiger partial charge in [0, 0.05) is 11.6 Å². The average molecular weight is 221 g/mol. The summed E-state index contributed by atoms with van der Waals surface area (Å²) in [5.74, 6) is 3.27. The zero-order chi connectivity index (χ0) is 11.7. The van der Waals surface area contributed by atoms with E-state index in [1.807, 2.05) is 13.0 Å². The highest BCUT2D eigenvalue weighted by atomic mass is 16.3. The van der Waals surface area contributed by atoms with Gasteiger partial charge in [-0.3, -0.25) is 0 Å². The summed E-state index contributed by atoms with van der Waals surface area (Å²) in [6, 6.07) is 2.19. The Labute approximate surface area is 98.2 Å². The molecule has 0 saturated heterocycles. The second kappa shape index (κ2) is 4.62. The lowest BCUT2D eigenvalue weighted by molar-refractivity contribution is 0.185. The topological polar surface area (TPSA) is 39.2 Å². The molecule has 0 aromatic carbocycles. The minimum Gasteiger partial charge on any atom is -0.469 e. The molecule has 1 fully saturated rings. The molecule has 1 aliphatic carbocycles. The fourth-order valence-electron chi connectivity index (χ4n) is 2.91. The first kappa shape index (κ1) is 11.7. The van der Waals surface area contributed by atoms with Crippen molar-refractivity contribution in [2.75, 3.05) is 0 Å². The average Bonchev–Trinajstić information content (AvgIpc) is 2.67. The number of nitrogens with two attached hydrogens (primary N) is 1. The van der Waals surface area contributed by atoms with Gasteiger partial charge in [0.1, 0.15) is 5.76 Å². The third-order valence-corrected chi connectivity index (χ3v) is 4.40. The molecule has 2 nitrogen and oxygen atoms in total. The highest BCUT2D eigenvalue weighted by molar-refractivity contribution is 5.20. The smallest absolute Gasteiger partial charge is 0.105 e. The molecule has 0 amide bonds. The van der Waals surface area contributed by atoms with E-state index in [9.17, 15) is 0 Å². The van der Waals surface area contributed by atoms with Crippen molar-refractivity contribution in [1.82, 2.24) is 0 Å². The summed E-state index contributed by atoms with van der Waals surface area (Å²) < 4.78 is 5.34. The van der Waals surface area contributed by atoms with Gasteiger partial charge in [-0.05, 0) is 43.6 Å². The lowest BCUT2D eigenvalue weighted by atomic mass is 9.72. The van der Waals surface area contributed by atoms with E-state index in [1.54, 1.807) is 6.26 Å². The van der Waals surface area contributed by atoms with Gasteiger partial charge in [0.15, 0.2) is 0 Å². The van der Waals surface area contributed by atoms with E-state index in [0.29, 0.717) is 5.92 Å². The molecule has 0 spiro atoms. The van der Waals surface area contributed by atoms with Crippen LogP contribution in [0.5, 0.6) is 0 Å². The third-order valence-electron chi connectivity index (χ3n) is 4.40. The molecule has 90 valence electrons. The van der Waals surface area contributed by atoms with Crippen LogP contribution in [0.2, 0.25) is 0 Å². The van der Waals surface area contributed by atoms with E-state index >= 15 is 0 Å². The van der Waals surface area contributed by atoms with E-state index in [1.165, 1.54) is 24.8 Å². The van der Waals surface area contributed by atoms with Crippen molar-refractivity contribution in [3.63, 3.8) is 0 Å². The number of hydrogen-bond acceptors (Lipinski definition) is 2. The van der Waals surface area contributed by atoms with Gasteiger partial charge in [0.2, 0.25) is 0 Å². The molecule has 4 unspecified atom stereocenters. The van der Waals surface area contributed by atoms with Crippen molar-refractivity contribution in [3.8, 4) is 0 Å². The van der Waals surface area contributed by atoms with Gasteiger partial charge in [-0.2, -0.15) is 0 Å². The van der Waals surface area contributed by atoms with Crippen LogP contribution in [-0.2, 0) is 0 Å². The van der Waals surface area contributed by atoms with Crippen LogP contribution in [0.15, 0.2) is 16.7 Å². The standard InChI is InChI=1S/C14H23NO/c1-9-4-5-12(8-10(9)2)14(15)13-6-7-16-11(13)3/h6-7,9-10,12,14H,4-5,8,15H2,1-3H3. The molecule has 2 N–H and O–H groups in total. The number of hydrogen-bond donors (Lipinski definition) is 1. The first-order valence-corrected chi connectivity index (χ1v) is 6.39. The number of rotatable bonds is 2. The fourth-order valence-corrected chi connectivity index (χ4v) is 2.91. The lowest BCUT2D eigenvalue weighted by Gasteiger charge is -2.35. The van der Waals surface area contributed by atoms with Gasteiger partial charge < -0.3 is 10.2 Å². The summed E-state index contributed by atoms with van der Waals surface area (Å²) in [7, 11) is 0. The largest absolute Gasteiger partial charge is 0.469 e. The number of aryl methyl sites for hydroxylation is 1. The van der Waals surface area contributed by atoms with Crippen LogP contribution in [0.1, 0.15) is 50.5 Å². The number of furan rings is 1. The Morgan fingerprint density at radius 2 is 2.06 bits per heavy atom. The van der Waals surface area contributed by atoms with Crippen LogP contribution >= 0.6 is 0 Å². The Bertz CT molecular complexity index is 344. The van der Waals surface area contributed by atoms with Crippen LogP contribution in [0.25, 0.3) is 0 Å². The molecule has 1 heterocycles. The van der Waals surface area contributed by atoms with Crippen molar-refractivity contribution in [2.45, 2.75) is 46.1 Å². The molecule has 4 atom stereocenters. The predicted molar refractivity (Wildman–Crippen MR) is 66.0 cm³/mol. The highest BCUT2D eigenvalue weighted by Crippen LogP contribution is 2.39. The molecule has 1 aromatic heterocycles. The van der Waals surface area contributed by atoms with Gasteiger partial charge in [-0.15, -0.1) is 0 Å². The molecule has 0 bridgehead atoms. The van der Waals surface area contributed by atoms with Crippen LogP contribution in [-0.4, -0.2) is 0 Å². The van der Waals surface area contributed by atoms with Crippen molar-refractivity contribution in [3.05, 3.63) is 23.7 Å². The maximum atomic E-state index is 6.36. The Balaban J connectivity index is 2.06. The zero-order valence-electron chi connectivity index (χ0n) is 10.6. The van der Waals surface area contributed by atoms with Crippen molar-refractivity contribution < 1.29 is 4.42 Å². The van der Waals surface area contributed by atoms with E-state index in [-0.39, 0.29) is 6.04 Å². The Morgan fingerprint density at radius 3 is 2.62 bits per heavy atom. The predicted octanol–water partition coefficient (Wildman–Crippen LogP) is 3.66. The quantitative estimate of drug-likeness (QED) is 0.827. The van der Waals surface area contributed by atoms with E-state index in [2.05, 4.69) is 13.8 Å². The van der Waals surface area contributed by atoms with E-state index < -0.39 is 0 Å². The van der Waals surface area contributed by atoms with E-state index in [0.717, 1.165) is 17.6 Å². The molecular weight excluding hydrogens is 198 g/mol. The Kier molecular flexibility index (Phi) is 3.38. The summed E-state index contributed by atoms with van der Waals surface area (Å²) in [4.78, 5) is 0. The normalized spacial score (nSPS) is 32.6. The van der Waals surface area contributed by atoms with Gasteiger partial charge >= 0.3 is 0 Å². The van der Waals surface area contributed by atoms with Crippen molar-refractivity contribution in [2.24, 2.45) is 23.5 Å². The van der Waals surface area contributed by atoms with Crippen LogP contribution in [0.3, 0.4) is 0 Å². The first-order chi connectivity index (χ1) is 7.59. The van der Waals surface area contributed by atoms with Gasteiger partial charge in [0.05, 0.1) is 6.26 Å². The van der Waals surface area contributed by atoms with Crippen LogP contribution in [0.4, 0.5) is 0 Å². The molecule has 1 aliphatic rings. The Hall–Kier alpha value is -0.760. The lowest BCUT2D eigenvalue weighted by Crippen LogP contribution is -2.29. The molecule has 0 aliphatic heterocycles.